The van der Waals surface area contributed by atoms with Gasteiger partial charge in [-0.2, -0.15) is 11.8 Å². The fourth-order valence-electron chi connectivity index (χ4n) is 2.19. The van der Waals surface area contributed by atoms with Crippen molar-refractivity contribution in [3.05, 3.63) is 0 Å². The van der Waals surface area contributed by atoms with Gasteiger partial charge in [-0.3, -0.25) is 0 Å². The van der Waals surface area contributed by atoms with E-state index in [2.05, 4.69) is 17.0 Å². The van der Waals surface area contributed by atoms with Gasteiger partial charge >= 0.3 is 0 Å². The minimum atomic E-state index is -3.07. The highest BCUT2D eigenvalue weighted by Gasteiger charge is 2.27. The maximum absolute atomic E-state index is 11.8. The molecule has 4 nitrogen and oxygen atoms in total. The summed E-state index contributed by atoms with van der Waals surface area (Å²) in [7, 11) is -1.24. The molecular formula is C11H24N2O2S2. The molecule has 0 saturated heterocycles. The Kier molecular flexibility index (Phi) is 6.84. The minimum Gasteiger partial charge on any atom is -0.320 e. The van der Waals surface area contributed by atoms with E-state index in [0.29, 0.717) is 11.7 Å². The molecule has 0 amide bonds. The van der Waals surface area contributed by atoms with Crippen molar-refractivity contribution in [1.82, 2.24) is 10.0 Å². The molecule has 1 aliphatic carbocycles. The van der Waals surface area contributed by atoms with Crippen molar-refractivity contribution in [3.63, 3.8) is 0 Å². The maximum atomic E-state index is 11.8. The van der Waals surface area contributed by atoms with Crippen LogP contribution in [-0.2, 0) is 10.0 Å². The lowest BCUT2D eigenvalue weighted by molar-refractivity contribution is 0.549. The lowest BCUT2D eigenvalue weighted by Crippen LogP contribution is -2.35. The van der Waals surface area contributed by atoms with Gasteiger partial charge in [0.2, 0.25) is 10.0 Å². The number of thioether (sulfide) groups is 1. The van der Waals surface area contributed by atoms with Gasteiger partial charge in [-0.1, -0.05) is 6.92 Å². The summed E-state index contributed by atoms with van der Waals surface area (Å²) in [5.74, 6) is 1.35. The summed E-state index contributed by atoms with van der Waals surface area (Å²) in [6.45, 7) is 2.90. The fraction of sp³-hybridized carbons (Fsp3) is 1.00. The number of hydrogen-bond acceptors (Lipinski definition) is 4. The van der Waals surface area contributed by atoms with Crippen molar-refractivity contribution in [2.24, 2.45) is 0 Å². The van der Waals surface area contributed by atoms with Gasteiger partial charge in [-0.05, 0) is 45.0 Å². The standard InChI is InChI=1S/C11H24N2O2S2/c1-3-16-11-6-5-10(9-11)13-17(14,15)8-4-7-12-2/h10-13H,3-9H2,1-2H3. The molecule has 102 valence electrons. The van der Waals surface area contributed by atoms with Crippen LogP contribution in [0.3, 0.4) is 0 Å². The van der Waals surface area contributed by atoms with Crippen LogP contribution in [0.25, 0.3) is 0 Å². The summed E-state index contributed by atoms with van der Waals surface area (Å²) in [6, 6.07) is 0.165. The van der Waals surface area contributed by atoms with Gasteiger partial charge in [0.1, 0.15) is 0 Å². The average Bonchev–Trinajstić information content (AvgIpc) is 2.65. The predicted molar refractivity (Wildman–Crippen MR) is 75.0 cm³/mol. The minimum absolute atomic E-state index is 0.165. The molecule has 0 aliphatic heterocycles. The molecule has 0 radical (unpaired) electrons. The SMILES string of the molecule is CCSC1CCC(NS(=O)(=O)CCCNC)C1. The molecule has 0 aromatic carbocycles. The van der Waals surface area contributed by atoms with Crippen molar-refractivity contribution >= 4 is 21.8 Å². The van der Waals surface area contributed by atoms with Gasteiger partial charge in [0.15, 0.2) is 0 Å². The molecule has 1 rings (SSSR count). The molecule has 1 fully saturated rings. The van der Waals surface area contributed by atoms with Crippen LogP contribution in [0.4, 0.5) is 0 Å². The molecular weight excluding hydrogens is 256 g/mol. The van der Waals surface area contributed by atoms with Gasteiger partial charge in [0, 0.05) is 11.3 Å². The number of rotatable bonds is 8. The Morgan fingerprint density at radius 2 is 2.12 bits per heavy atom. The van der Waals surface area contributed by atoms with Crippen LogP contribution in [-0.4, -0.2) is 44.8 Å². The van der Waals surface area contributed by atoms with E-state index in [-0.39, 0.29) is 11.8 Å². The van der Waals surface area contributed by atoms with Crippen molar-refractivity contribution in [3.8, 4) is 0 Å². The molecule has 1 aliphatic rings. The largest absolute Gasteiger partial charge is 0.320 e. The van der Waals surface area contributed by atoms with Crippen LogP contribution in [0.15, 0.2) is 0 Å². The van der Waals surface area contributed by atoms with E-state index >= 15 is 0 Å². The van der Waals surface area contributed by atoms with Crippen LogP contribution in [0.5, 0.6) is 0 Å². The van der Waals surface area contributed by atoms with Crippen LogP contribution >= 0.6 is 11.8 Å². The van der Waals surface area contributed by atoms with Crippen molar-refractivity contribution in [2.75, 3.05) is 25.1 Å². The first-order chi connectivity index (χ1) is 8.07. The van der Waals surface area contributed by atoms with E-state index in [0.717, 1.165) is 31.6 Å². The zero-order chi connectivity index (χ0) is 12.7. The Morgan fingerprint density at radius 1 is 1.35 bits per heavy atom. The topological polar surface area (TPSA) is 58.2 Å². The highest BCUT2D eigenvalue weighted by Crippen LogP contribution is 2.29. The highest BCUT2D eigenvalue weighted by atomic mass is 32.2. The van der Waals surface area contributed by atoms with Gasteiger partial charge in [0.05, 0.1) is 5.75 Å². The molecule has 2 atom stereocenters. The van der Waals surface area contributed by atoms with Crippen LogP contribution in [0.2, 0.25) is 0 Å². The first-order valence-electron chi connectivity index (χ1n) is 6.33. The number of nitrogens with one attached hydrogen (secondary N) is 2. The summed E-state index contributed by atoms with van der Waals surface area (Å²) >= 11 is 1.95. The lowest BCUT2D eigenvalue weighted by atomic mass is 10.3. The Morgan fingerprint density at radius 3 is 2.76 bits per heavy atom. The number of sulfonamides is 1. The molecule has 0 aromatic heterocycles. The van der Waals surface area contributed by atoms with E-state index in [1.54, 1.807) is 0 Å². The van der Waals surface area contributed by atoms with E-state index in [1.807, 2.05) is 18.8 Å². The van der Waals surface area contributed by atoms with Crippen molar-refractivity contribution in [1.29, 1.82) is 0 Å². The summed E-state index contributed by atoms with van der Waals surface area (Å²) in [5, 5.41) is 3.61. The van der Waals surface area contributed by atoms with Crippen LogP contribution < -0.4 is 10.0 Å². The molecule has 0 heterocycles. The lowest BCUT2D eigenvalue weighted by Gasteiger charge is -2.13. The molecule has 2 N–H and O–H groups in total. The first-order valence-corrected chi connectivity index (χ1v) is 9.03. The molecule has 1 saturated carbocycles. The second-order valence-corrected chi connectivity index (χ2v) is 7.93. The molecule has 0 spiro atoms. The monoisotopic (exact) mass is 280 g/mol. The normalized spacial score (nSPS) is 25.3. The Labute approximate surface area is 109 Å². The Balaban J connectivity index is 2.29. The Hall–Kier alpha value is 0.220. The summed E-state index contributed by atoms with van der Waals surface area (Å²) in [4.78, 5) is 0. The fourth-order valence-corrected chi connectivity index (χ4v) is 4.69. The molecule has 0 bridgehead atoms. The zero-order valence-corrected chi connectivity index (χ0v) is 12.4. The smallest absolute Gasteiger partial charge is 0.211 e. The maximum Gasteiger partial charge on any atom is 0.211 e. The van der Waals surface area contributed by atoms with Crippen molar-refractivity contribution < 1.29 is 8.42 Å². The molecule has 2 unspecified atom stereocenters. The average molecular weight is 280 g/mol. The van der Waals surface area contributed by atoms with Gasteiger partial charge in [-0.15, -0.1) is 0 Å². The van der Waals surface area contributed by atoms with E-state index < -0.39 is 10.0 Å². The summed E-state index contributed by atoms with van der Waals surface area (Å²) < 4.78 is 26.4. The van der Waals surface area contributed by atoms with E-state index in [1.165, 1.54) is 0 Å². The first kappa shape index (κ1) is 15.3. The third-order valence-electron chi connectivity index (χ3n) is 2.97. The van der Waals surface area contributed by atoms with Gasteiger partial charge in [0.25, 0.3) is 0 Å². The van der Waals surface area contributed by atoms with Crippen LogP contribution in [0.1, 0.15) is 32.6 Å². The molecule has 17 heavy (non-hydrogen) atoms. The second kappa shape index (κ2) is 7.61. The third-order valence-corrected chi connectivity index (χ3v) is 5.72. The number of hydrogen-bond donors (Lipinski definition) is 2. The van der Waals surface area contributed by atoms with Crippen molar-refractivity contribution in [2.45, 2.75) is 43.9 Å². The van der Waals surface area contributed by atoms with Gasteiger partial charge in [-0.25, -0.2) is 13.1 Å². The zero-order valence-electron chi connectivity index (χ0n) is 10.7. The van der Waals surface area contributed by atoms with E-state index in [9.17, 15) is 8.42 Å². The summed E-state index contributed by atoms with van der Waals surface area (Å²) in [6.07, 6.45) is 3.79. The third kappa shape index (κ3) is 6.08. The summed E-state index contributed by atoms with van der Waals surface area (Å²) in [5.41, 5.74) is 0. The highest BCUT2D eigenvalue weighted by molar-refractivity contribution is 7.99. The molecule has 6 heteroatoms. The molecule has 0 aromatic rings. The van der Waals surface area contributed by atoms with Crippen LogP contribution in [0, 0.1) is 0 Å². The second-order valence-electron chi connectivity index (χ2n) is 4.48. The van der Waals surface area contributed by atoms with Gasteiger partial charge < -0.3 is 5.32 Å². The quantitative estimate of drug-likeness (QED) is 0.656. The Bertz CT molecular complexity index is 307. The predicted octanol–water partition coefficient (Wildman–Crippen LogP) is 1.19. The van der Waals surface area contributed by atoms with E-state index in [4.69, 9.17) is 0 Å².